The van der Waals surface area contributed by atoms with Gasteiger partial charge < -0.3 is 10.2 Å². The maximum Gasteiger partial charge on any atom is 0.0745 e. The van der Waals surface area contributed by atoms with Crippen molar-refractivity contribution in [2.24, 2.45) is 5.92 Å². The molecular weight excluding hydrogens is 413 g/mol. The van der Waals surface area contributed by atoms with Crippen molar-refractivity contribution in [3.05, 3.63) is 59.6 Å². The van der Waals surface area contributed by atoms with Gasteiger partial charge in [-0.3, -0.25) is 0 Å². The van der Waals surface area contributed by atoms with Gasteiger partial charge in [0, 0.05) is 34.7 Å². The standard InChI is InChI=1S/C21H21ClN2.C4H11N.ClH/c1-15-9-11-24(12-10-15)21-14-19(16-5-3-2-4-6-16)23-20-13-17(22)7-8-18(20)21;1-3-5-4-2;/h2-8,13-15H,9-12H2,1H3;5H,3-4H2,1-2H3;1H. The molecule has 0 atom stereocenters. The fraction of sp³-hybridized carbons (Fsp3) is 0.400. The van der Waals surface area contributed by atoms with E-state index in [9.17, 15) is 0 Å². The molecule has 5 heteroatoms. The Morgan fingerprint density at radius 2 is 1.67 bits per heavy atom. The van der Waals surface area contributed by atoms with Crippen LogP contribution in [0.5, 0.6) is 0 Å². The average molecular weight is 446 g/mol. The van der Waals surface area contributed by atoms with E-state index in [2.05, 4.69) is 67.4 Å². The van der Waals surface area contributed by atoms with Crippen LogP contribution in [0.4, 0.5) is 5.69 Å². The minimum Gasteiger partial charge on any atom is -0.371 e. The number of pyridine rings is 1. The first-order valence-electron chi connectivity index (χ1n) is 10.7. The molecular formula is C25H33Cl2N3. The Morgan fingerprint density at radius 1 is 1.00 bits per heavy atom. The van der Waals surface area contributed by atoms with Crippen LogP contribution in [0.25, 0.3) is 22.2 Å². The zero-order valence-electron chi connectivity index (χ0n) is 18.2. The number of nitrogens with zero attached hydrogens (tertiary/aromatic N) is 2. The molecule has 4 rings (SSSR count). The van der Waals surface area contributed by atoms with Crippen molar-refractivity contribution in [2.45, 2.75) is 33.6 Å². The molecule has 1 aliphatic heterocycles. The summed E-state index contributed by atoms with van der Waals surface area (Å²) < 4.78 is 0. The minimum absolute atomic E-state index is 0. The van der Waals surface area contributed by atoms with E-state index in [1.807, 2.05) is 18.2 Å². The topological polar surface area (TPSA) is 28.2 Å². The van der Waals surface area contributed by atoms with Crippen LogP contribution in [0.1, 0.15) is 33.6 Å². The van der Waals surface area contributed by atoms with Gasteiger partial charge in [0.15, 0.2) is 0 Å². The van der Waals surface area contributed by atoms with Crippen molar-refractivity contribution in [1.29, 1.82) is 0 Å². The Labute approximate surface area is 192 Å². The van der Waals surface area contributed by atoms with Crippen LogP contribution in [0, 0.1) is 5.92 Å². The molecule has 1 fully saturated rings. The maximum atomic E-state index is 6.22. The summed E-state index contributed by atoms with van der Waals surface area (Å²) >= 11 is 6.22. The molecule has 1 aromatic heterocycles. The first-order chi connectivity index (χ1) is 14.1. The Kier molecular flexibility index (Phi) is 9.90. The van der Waals surface area contributed by atoms with Gasteiger partial charge in [-0.15, -0.1) is 12.4 Å². The maximum absolute atomic E-state index is 6.22. The SMILES string of the molecule is CC1CCN(c2cc(-c3ccccc3)nc3cc(Cl)ccc23)CC1.CCNCC.Cl. The third-order valence-electron chi connectivity index (χ3n) is 5.44. The molecule has 2 aromatic carbocycles. The van der Waals surface area contributed by atoms with E-state index in [-0.39, 0.29) is 12.4 Å². The van der Waals surface area contributed by atoms with E-state index in [0.717, 1.165) is 53.9 Å². The predicted octanol–water partition coefficient (Wildman–Crippen LogP) is 6.83. The van der Waals surface area contributed by atoms with Crippen molar-refractivity contribution < 1.29 is 0 Å². The van der Waals surface area contributed by atoms with Crippen molar-refractivity contribution in [3.8, 4) is 11.3 Å². The summed E-state index contributed by atoms with van der Waals surface area (Å²) in [5.74, 6) is 0.817. The molecule has 0 unspecified atom stereocenters. The first-order valence-corrected chi connectivity index (χ1v) is 11.1. The molecule has 3 aromatic rings. The molecule has 1 aliphatic rings. The highest BCUT2D eigenvalue weighted by Crippen LogP contribution is 2.34. The zero-order valence-corrected chi connectivity index (χ0v) is 19.8. The van der Waals surface area contributed by atoms with Crippen molar-refractivity contribution >= 4 is 40.6 Å². The first kappa shape index (κ1) is 24.5. The van der Waals surface area contributed by atoms with Crippen molar-refractivity contribution in [3.63, 3.8) is 0 Å². The Morgan fingerprint density at radius 3 is 2.27 bits per heavy atom. The average Bonchev–Trinajstić information content (AvgIpc) is 2.75. The van der Waals surface area contributed by atoms with Gasteiger partial charge in [0.05, 0.1) is 11.2 Å². The molecule has 0 radical (unpaired) electrons. The number of benzene rings is 2. The van der Waals surface area contributed by atoms with Crippen molar-refractivity contribution in [2.75, 3.05) is 31.1 Å². The summed E-state index contributed by atoms with van der Waals surface area (Å²) in [4.78, 5) is 7.37. The summed E-state index contributed by atoms with van der Waals surface area (Å²) in [6, 6.07) is 18.6. The lowest BCUT2D eigenvalue weighted by molar-refractivity contribution is 0.439. The van der Waals surface area contributed by atoms with Gasteiger partial charge in [0.25, 0.3) is 0 Å². The van der Waals surface area contributed by atoms with Gasteiger partial charge in [-0.2, -0.15) is 0 Å². The van der Waals surface area contributed by atoms with E-state index in [4.69, 9.17) is 16.6 Å². The van der Waals surface area contributed by atoms with E-state index in [1.165, 1.54) is 23.9 Å². The molecule has 3 nitrogen and oxygen atoms in total. The second kappa shape index (κ2) is 12.1. The van der Waals surface area contributed by atoms with Crippen molar-refractivity contribution in [1.82, 2.24) is 10.3 Å². The van der Waals surface area contributed by atoms with Crippen LogP contribution in [0.15, 0.2) is 54.6 Å². The highest BCUT2D eigenvalue weighted by molar-refractivity contribution is 6.31. The number of aromatic nitrogens is 1. The smallest absolute Gasteiger partial charge is 0.0745 e. The number of piperidine rings is 1. The third-order valence-corrected chi connectivity index (χ3v) is 5.68. The molecule has 0 aliphatic carbocycles. The van der Waals surface area contributed by atoms with Crippen LogP contribution >= 0.6 is 24.0 Å². The molecule has 30 heavy (non-hydrogen) atoms. The monoisotopic (exact) mass is 445 g/mol. The number of anilines is 1. The molecule has 0 spiro atoms. The summed E-state index contributed by atoms with van der Waals surface area (Å²) in [5.41, 5.74) is 4.41. The molecule has 1 N–H and O–H groups in total. The van der Waals surface area contributed by atoms with Crippen LogP contribution in [0.3, 0.4) is 0 Å². The number of rotatable bonds is 4. The molecule has 1 saturated heterocycles. The Bertz CT molecular complexity index is 905. The summed E-state index contributed by atoms with van der Waals surface area (Å²) in [6.07, 6.45) is 2.50. The Balaban J connectivity index is 0.000000482. The van der Waals surface area contributed by atoms with Crippen LogP contribution in [-0.2, 0) is 0 Å². The van der Waals surface area contributed by atoms with Gasteiger partial charge in [-0.25, -0.2) is 4.98 Å². The molecule has 0 amide bonds. The second-order valence-electron chi connectivity index (χ2n) is 7.68. The molecule has 162 valence electrons. The van der Waals surface area contributed by atoms with E-state index >= 15 is 0 Å². The lowest BCUT2D eigenvalue weighted by Crippen LogP contribution is -2.32. The summed E-state index contributed by atoms with van der Waals surface area (Å²) in [5, 5.41) is 5.03. The van der Waals surface area contributed by atoms with Gasteiger partial charge in [0.1, 0.15) is 0 Å². The van der Waals surface area contributed by atoms with E-state index in [1.54, 1.807) is 0 Å². The lowest BCUT2D eigenvalue weighted by atomic mass is 9.98. The van der Waals surface area contributed by atoms with Crippen LogP contribution in [-0.4, -0.2) is 31.2 Å². The highest BCUT2D eigenvalue weighted by Gasteiger charge is 2.19. The highest BCUT2D eigenvalue weighted by atomic mass is 35.5. The molecule has 0 bridgehead atoms. The van der Waals surface area contributed by atoms with Gasteiger partial charge in [-0.1, -0.05) is 62.7 Å². The molecule has 0 saturated carbocycles. The summed E-state index contributed by atoms with van der Waals surface area (Å²) in [7, 11) is 0. The van der Waals surface area contributed by atoms with Gasteiger partial charge in [0.2, 0.25) is 0 Å². The number of hydrogen-bond acceptors (Lipinski definition) is 3. The fourth-order valence-corrected chi connectivity index (χ4v) is 3.87. The van der Waals surface area contributed by atoms with E-state index < -0.39 is 0 Å². The normalized spacial score (nSPS) is 14.1. The van der Waals surface area contributed by atoms with Crippen LogP contribution in [0.2, 0.25) is 5.02 Å². The minimum atomic E-state index is 0. The number of halogens is 2. The lowest BCUT2D eigenvalue weighted by Gasteiger charge is -2.33. The van der Waals surface area contributed by atoms with E-state index in [0.29, 0.717) is 0 Å². The fourth-order valence-electron chi connectivity index (χ4n) is 3.70. The Hall–Kier alpha value is -1.81. The zero-order chi connectivity index (χ0) is 20.6. The number of nitrogens with one attached hydrogen (secondary N) is 1. The quantitative estimate of drug-likeness (QED) is 0.476. The number of fused-ring (bicyclic) bond motifs is 1. The van der Waals surface area contributed by atoms with Gasteiger partial charge >= 0.3 is 0 Å². The number of hydrogen-bond donors (Lipinski definition) is 1. The third kappa shape index (κ3) is 6.34. The summed E-state index contributed by atoms with van der Waals surface area (Å²) in [6.45, 7) is 10.9. The van der Waals surface area contributed by atoms with Gasteiger partial charge in [-0.05, 0) is 56.1 Å². The second-order valence-corrected chi connectivity index (χ2v) is 8.12. The largest absolute Gasteiger partial charge is 0.371 e. The molecule has 2 heterocycles. The van der Waals surface area contributed by atoms with Crippen LogP contribution < -0.4 is 10.2 Å². The predicted molar refractivity (Wildman–Crippen MR) is 134 cm³/mol.